The lowest BCUT2D eigenvalue weighted by atomic mass is 9.83. The molecule has 10 atom stereocenters. The maximum Gasteiger partial charge on any atom is 0.326 e. The summed E-state index contributed by atoms with van der Waals surface area (Å²) in [6, 6.07) is 2.46. The topological polar surface area (TPSA) is 467 Å². The van der Waals surface area contributed by atoms with Gasteiger partial charge >= 0.3 is 11.9 Å². The molecular weight excluding hydrogens is 906 g/mol. The minimum absolute atomic E-state index is 0.0264. The van der Waals surface area contributed by atoms with Crippen LogP contribution >= 0.6 is 0 Å². The van der Waals surface area contributed by atoms with Gasteiger partial charge in [0.2, 0.25) is 17.8 Å². The number of H-pyrrole nitrogens is 1. The third kappa shape index (κ3) is 16.9. The number of nitrogens with one attached hydrogen (secondary N) is 5. The Bertz CT molecular complexity index is 2280. The molecule has 0 aliphatic carbocycles. The molecule has 0 bridgehead atoms. The molecule has 374 valence electrons. The standard InChI is InChI=1S/C41H57N9O18/c1-43-29(57)13-26(33(61)35(63)28(56)17-52)48-38(65)19(4-9-30(58)59)10-24(54)12-20(32(60)34(62)27(55)16-51)11-23(53)7-8-25(40(67)68)47-37(64)18-2-5-21(6-3-18)44-14-22-15-45-36-31(46-22)39(66)50-41(42)49-36/h2-3,5-6,15,19-20,25-28,32-35,44,51-52,55-56,60-63H,4,7-14,16-17H2,1H3,(H,43,57)(H,47,64)(H,48,65)(H,58,59)(H,67,68)(H3,42,45,49,50,66)/t19-,20-,25+,26-,27-,28-,32-,33-,34-,35-/m1/s1. The van der Waals surface area contributed by atoms with Crippen LogP contribution in [0.25, 0.3) is 11.2 Å². The molecule has 3 amide bonds. The van der Waals surface area contributed by atoms with Crippen LogP contribution in [0, 0.1) is 11.8 Å². The number of anilines is 2. The van der Waals surface area contributed by atoms with E-state index in [1.807, 2.05) is 0 Å². The van der Waals surface area contributed by atoms with Gasteiger partial charge < -0.3 is 78.1 Å². The van der Waals surface area contributed by atoms with Crippen LogP contribution < -0.4 is 32.6 Å². The maximum atomic E-state index is 13.5. The molecule has 0 saturated carbocycles. The molecule has 0 saturated heterocycles. The predicted octanol–water partition coefficient (Wildman–Crippen LogP) is -4.95. The average molecular weight is 964 g/mol. The lowest BCUT2D eigenvalue weighted by Gasteiger charge is -2.31. The minimum Gasteiger partial charge on any atom is -0.481 e. The number of ketones is 2. The van der Waals surface area contributed by atoms with Gasteiger partial charge in [0.05, 0.1) is 43.8 Å². The molecule has 17 N–H and O–H groups in total. The molecule has 3 aromatic rings. The zero-order valence-electron chi connectivity index (χ0n) is 36.6. The summed E-state index contributed by atoms with van der Waals surface area (Å²) in [6.07, 6.45) is -16.2. The Labute approximate surface area is 385 Å². The van der Waals surface area contributed by atoms with E-state index < -0.39 is 172 Å². The summed E-state index contributed by atoms with van der Waals surface area (Å²) < 4.78 is 0. The Morgan fingerprint density at radius 3 is 1.96 bits per heavy atom. The first-order valence-electron chi connectivity index (χ1n) is 21.0. The van der Waals surface area contributed by atoms with E-state index in [1.54, 1.807) is 0 Å². The molecule has 1 aromatic carbocycles. The maximum absolute atomic E-state index is 13.5. The highest BCUT2D eigenvalue weighted by Gasteiger charge is 2.37. The molecule has 0 spiro atoms. The minimum atomic E-state index is -2.13. The van der Waals surface area contributed by atoms with Crippen molar-refractivity contribution >= 4 is 64.0 Å². The van der Waals surface area contributed by atoms with E-state index in [1.165, 1.54) is 37.5 Å². The van der Waals surface area contributed by atoms with Crippen LogP contribution in [0.15, 0.2) is 35.3 Å². The largest absolute Gasteiger partial charge is 0.481 e. The Morgan fingerprint density at radius 2 is 1.37 bits per heavy atom. The molecule has 0 fully saturated rings. The summed E-state index contributed by atoms with van der Waals surface area (Å²) in [5, 5.41) is 110. The van der Waals surface area contributed by atoms with Crippen molar-refractivity contribution in [2.24, 2.45) is 11.8 Å². The number of Topliss-reactive ketones (excluding diaryl/α,β-unsaturated/α-hetero) is 2. The summed E-state index contributed by atoms with van der Waals surface area (Å²) in [4.78, 5) is 116. The molecule has 68 heavy (non-hydrogen) atoms. The van der Waals surface area contributed by atoms with Crippen molar-refractivity contribution in [1.82, 2.24) is 35.9 Å². The van der Waals surface area contributed by atoms with E-state index in [2.05, 4.69) is 41.2 Å². The van der Waals surface area contributed by atoms with Crippen molar-refractivity contribution < 1.29 is 84.6 Å². The number of nitrogens with two attached hydrogens (primary N) is 1. The second kappa shape index (κ2) is 26.7. The van der Waals surface area contributed by atoms with Gasteiger partial charge in [-0.1, -0.05) is 0 Å². The van der Waals surface area contributed by atoms with Gasteiger partial charge in [-0.2, -0.15) is 4.98 Å². The SMILES string of the molecule is CNC(=O)C[C@@H](NC(=O)[C@H](CCC(=O)O)CC(=O)C[C@@H](CC(=O)CC[C@H](NC(=O)c1ccc(NCc2cnc3nc(N)[nH]c(=O)c3n2)cc1)C(=O)O)[C@@H](O)[C@H](O)[C@H](O)CO)[C@@H](O)[C@H](O)[C@H](O)CO. The van der Waals surface area contributed by atoms with Crippen LogP contribution in [0.3, 0.4) is 0 Å². The average Bonchev–Trinajstić information content (AvgIpc) is 3.31. The summed E-state index contributed by atoms with van der Waals surface area (Å²) in [5.41, 5.74) is 5.86. The number of aliphatic hydroxyl groups excluding tert-OH is 8. The van der Waals surface area contributed by atoms with Gasteiger partial charge in [-0.05, 0) is 37.1 Å². The summed E-state index contributed by atoms with van der Waals surface area (Å²) >= 11 is 0. The summed E-state index contributed by atoms with van der Waals surface area (Å²) in [7, 11) is 1.21. The fraction of sp³-hybridized carbons (Fsp3) is 0.537. The number of carboxylic acid groups (broad SMARTS) is 2. The van der Waals surface area contributed by atoms with Gasteiger partial charge in [0.15, 0.2) is 11.2 Å². The zero-order valence-corrected chi connectivity index (χ0v) is 36.6. The van der Waals surface area contributed by atoms with Crippen molar-refractivity contribution in [2.45, 2.75) is 107 Å². The Kier molecular flexibility index (Phi) is 21.9. The van der Waals surface area contributed by atoms with Crippen molar-refractivity contribution in [3.8, 4) is 0 Å². The van der Waals surface area contributed by atoms with Crippen molar-refractivity contribution in [3.63, 3.8) is 0 Å². The highest BCUT2D eigenvalue weighted by molar-refractivity contribution is 5.97. The number of carbonyl (C=O) groups excluding carboxylic acids is 5. The van der Waals surface area contributed by atoms with Gasteiger partial charge in [0.1, 0.15) is 48.1 Å². The number of hydrogen-bond acceptors (Lipinski definition) is 21. The van der Waals surface area contributed by atoms with Crippen LogP contribution in [-0.2, 0) is 35.3 Å². The van der Waals surface area contributed by atoms with E-state index in [-0.39, 0.29) is 29.2 Å². The molecule has 2 aromatic heterocycles. The highest BCUT2D eigenvalue weighted by Crippen LogP contribution is 2.25. The quantitative estimate of drug-likeness (QED) is 0.0298. The van der Waals surface area contributed by atoms with Gasteiger partial charge in [-0.25, -0.2) is 14.8 Å². The number of hydrogen-bond donors (Lipinski definition) is 16. The lowest BCUT2D eigenvalue weighted by molar-refractivity contribution is -0.140. The molecule has 3 rings (SSSR count). The van der Waals surface area contributed by atoms with E-state index in [0.717, 1.165) is 0 Å². The molecule has 0 radical (unpaired) electrons. The molecule has 0 aliphatic heterocycles. The van der Waals surface area contributed by atoms with Gasteiger partial charge in [0.25, 0.3) is 11.5 Å². The molecule has 0 aliphatic rings. The first kappa shape index (κ1) is 55.7. The fourth-order valence-corrected chi connectivity index (χ4v) is 6.82. The van der Waals surface area contributed by atoms with E-state index in [9.17, 15) is 89.4 Å². The highest BCUT2D eigenvalue weighted by atomic mass is 16.4. The third-order valence-corrected chi connectivity index (χ3v) is 10.7. The van der Waals surface area contributed by atoms with Gasteiger partial charge in [0, 0.05) is 68.7 Å². The third-order valence-electron chi connectivity index (χ3n) is 10.7. The molecule has 27 heteroatoms. The van der Waals surface area contributed by atoms with Gasteiger partial charge in [-0.3, -0.25) is 38.5 Å². The predicted molar refractivity (Wildman–Crippen MR) is 233 cm³/mol. The number of aliphatic hydroxyl groups is 8. The first-order chi connectivity index (χ1) is 32.1. The zero-order chi connectivity index (χ0) is 50.8. The number of aliphatic carboxylic acids is 2. The Hall–Kier alpha value is -6.59. The summed E-state index contributed by atoms with van der Waals surface area (Å²) in [6.45, 7) is -1.98. The second-order valence-corrected chi connectivity index (χ2v) is 15.9. The first-order valence-corrected chi connectivity index (χ1v) is 21.0. The van der Waals surface area contributed by atoms with Crippen LogP contribution in [0.1, 0.15) is 67.4 Å². The normalized spacial score (nSPS) is 15.8. The number of amides is 3. The molecule has 27 nitrogen and oxygen atoms in total. The lowest BCUT2D eigenvalue weighted by Crippen LogP contribution is -2.55. The van der Waals surface area contributed by atoms with Crippen LogP contribution in [0.5, 0.6) is 0 Å². The van der Waals surface area contributed by atoms with Crippen LogP contribution in [0.4, 0.5) is 11.6 Å². The Balaban J connectivity index is 1.70. The van der Waals surface area contributed by atoms with Crippen molar-refractivity contribution in [2.75, 3.05) is 31.3 Å². The molecular formula is C41H57N9O18. The number of benzene rings is 1. The van der Waals surface area contributed by atoms with Crippen molar-refractivity contribution in [1.29, 1.82) is 0 Å². The number of fused-ring (bicyclic) bond motifs is 1. The van der Waals surface area contributed by atoms with Gasteiger partial charge in [-0.15, -0.1) is 0 Å². The van der Waals surface area contributed by atoms with Crippen LogP contribution in [0.2, 0.25) is 0 Å². The summed E-state index contributed by atoms with van der Waals surface area (Å²) in [5.74, 6) is -10.5. The van der Waals surface area contributed by atoms with Crippen LogP contribution in [-0.4, -0.2) is 181 Å². The smallest absolute Gasteiger partial charge is 0.326 e. The molecule has 2 heterocycles. The second-order valence-electron chi connectivity index (χ2n) is 15.9. The number of nitrogens with zero attached hydrogens (tertiary/aromatic N) is 3. The number of carbonyl (C=O) groups is 7. The number of aromatic amines is 1. The number of nitrogen functional groups attached to an aromatic ring is 1. The monoisotopic (exact) mass is 963 g/mol. The molecule has 0 unspecified atom stereocenters. The number of rotatable bonds is 30. The van der Waals surface area contributed by atoms with E-state index in [0.29, 0.717) is 11.4 Å². The number of aromatic nitrogens is 4. The fourth-order valence-electron chi connectivity index (χ4n) is 6.82. The number of carboxylic acids is 2. The van der Waals surface area contributed by atoms with Crippen molar-refractivity contribution in [3.05, 3.63) is 52.1 Å². The van der Waals surface area contributed by atoms with E-state index >= 15 is 0 Å². The van der Waals surface area contributed by atoms with E-state index in [4.69, 9.17) is 5.73 Å². The Morgan fingerprint density at radius 1 is 0.750 bits per heavy atom.